The van der Waals surface area contributed by atoms with Gasteiger partial charge in [-0.25, -0.2) is 13.8 Å². The number of benzene rings is 1. The molecule has 126 valence electrons. The Morgan fingerprint density at radius 1 is 1.33 bits per heavy atom. The number of nitrogens with one attached hydrogen (secondary N) is 1. The number of anilines is 1. The molecular formula is C16H15F2N3O3. The first kappa shape index (κ1) is 16.3. The molecule has 8 heteroatoms. The molecule has 0 radical (unpaired) electrons. The van der Waals surface area contributed by atoms with Crippen LogP contribution in [0.1, 0.15) is 23.7 Å². The predicted octanol–water partition coefficient (Wildman–Crippen LogP) is 3.52. The number of pyridine rings is 1. The van der Waals surface area contributed by atoms with Gasteiger partial charge in [0, 0.05) is 12.2 Å². The molecule has 2 unspecified atom stereocenters. The summed E-state index contributed by atoms with van der Waals surface area (Å²) in [7, 11) is 0. The van der Waals surface area contributed by atoms with E-state index in [2.05, 4.69) is 10.3 Å². The maximum absolute atomic E-state index is 13.4. The van der Waals surface area contributed by atoms with Gasteiger partial charge in [-0.05, 0) is 37.1 Å². The molecule has 6 nitrogen and oxygen atoms in total. The minimum Gasteiger partial charge on any atom is -0.371 e. The van der Waals surface area contributed by atoms with Crippen molar-refractivity contribution >= 4 is 11.5 Å². The van der Waals surface area contributed by atoms with E-state index in [1.165, 1.54) is 12.3 Å². The molecule has 1 fully saturated rings. The summed E-state index contributed by atoms with van der Waals surface area (Å²) in [5.74, 6) is -1.36. The monoisotopic (exact) mass is 335 g/mol. The standard InChI is InChI=1S/C16H15F2N3O3/c1-9-6-15(19-8-14(9)21(22)23)20-13-4-5-24-16(13)10-2-3-11(17)12(18)7-10/h2-3,6-8,13,16H,4-5H2,1H3,(H,19,20). The topological polar surface area (TPSA) is 77.3 Å². The summed E-state index contributed by atoms with van der Waals surface area (Å²) in [4.78, 5) is 14.4. The Hall–Kier alpha value is -2.61. The lowest BCUT2D eigenvalue weighted by Crippen LogP contribution is -2.24. The van der Waals surface area contributed by atoms with Crippen molar-refractivity contribution in [2.75, 3.05) is 11.9 Å². The highest BCUT2D eigenvalue weighted by Crippen LogP contribution is 2.32. The first-order valence-corrected chi connectivity index (χ1v) is 7.40. The third-order valence-electron chi connectivity index (χ3n) is 3.98. The molecule has 0 bridgehead atoms. The van der Waals surface area contributed by atoms with Crippen LogP contribution >= 0.6 is 0 Å². The van der Waals surface area contributed by atoms with Crippen molar-refractivity contribution in [1.29, 1.82) is 0 Å². The van der Waals surface area contributed by atoms with Gasteiger partial charge in [-0.1, -0.05) is 6.07 Å². The Morgan fingerprint density at radius 3 is 2.79 bits per heavy atom. The van der Waals surface area contributed by atoms with E-state index in [0.717, 1.165) is 12.1 Å². The average Bonchev–Trinajstić information content (AvgIpc) is 2.98. The van der Waals surface area contributed by atoms with Crippen LogP contribution in [0.3, 0.4) is 0 Å². The molecule has 24 heavy (non-hydrogen) atoms. The second kappa shape index (κ2) is 6.48. The first-order valence-electron chi connectivity index (χ1n) is 7.40. The van der Waals surface area contributed by atoms with Crippen molar-refractivity contribution < 1.29 is 18.4 Å². The van der Waals surface area contributed by atoms with E-state index >= 15 is 0 Å². The lowest BCUT2D eigenvalue weighted by Gasteiger charge is -2.21. The molecule has 0 saturated carbocycles. The second-order valence-electron chi connectivity index (χ2n) is 5.62. The van der Waals surface area contributed by atoms with E-state index in [0.29, 0.717) is 30.0 Å². The van der Waals surface area contributed by atoms with Gasteiger partial charge in [0.15, 0.2) is 11.6 Å². The molecule has 2 atom stereocenters. The zero-order valence-electron chi connectivity index (χ0n) is 12.8. The fraction of sp³-hybridized carbons (Fsp3) is 0.312. The van der Waals surface area contributed by atoms with E-state index in [9.17, 15) is 18.9 Å². The minimum absolute atomic E-state index is 0.0552. The molecule has 2 aromatic rings. The van der Waals surface area contributed by atoms with Crippen LogP contribution < -0.4 is 5.32 Å². The lowest BCUT2D eigenvalue weighted by atomic mass is 10.0. The minimum atomic E-state index is -0.925. The molecule has 1 aromatic heterocycles. The molecular weight excluding hydrogens is 320 g/mol. The summed E-state index contributed by atoms with van der Waals surface area (Å²) in [6.07, 6.45) is 1.40. The fourth-order valence-corrected chi connectivity index (χ4v) is 2.76. The van der Waals surface area contributed by atoms with Gasteiger partial charge in [0.1, 0.15) is 18.1 Å². The molecule has 1 aliphatic rings. The number of aromatic nitrogens is 1. The highest BCUT2D eigenvalue weighted by molar-refractivity contribution is 5.47. The zero-order valence-corrected chi connectivity index (χ0v) is 12.8. The summed E-state index contributed by atoms with van der Waals surface area (Å²) >= 11 is 0. The van der Waals surface area contributed by atoms with Crippen LogP contribution in [-0.2, 0) is 4.74 Å². The molecule has 1 N–H and O–H groups in total. The smallest absolute Gasteiger partial charge is 0.290 e. The normalized spacial score (nSPS) is 20.1. The van der Waals surface area contributed by atoms with Gasteiger partial charge in [0.25, 0.3) is 5.69 Å². The SMILES string of the molecule is Cc1cc(NC2CCOC2c2ccc(F)c(F)c2)ncc1[N+](=O)[O-]. The summed E-state index contributed by atoms with van der Waals surface area (Å²) in [6.45, 7) is 2.09. The molecule has 1 saturated heterocycles. The lowest BCUT2D eigenvalue weighted by molar-refractivity contribution is -0.385. The Balaban J connectivity index is 1.80. The first-order chi connectivity index (χ1) is 11.5. The number of nitro groups is 1. The molecule has 1 aromatic carbocycles. The summed E-state index contributed by atoms with van der Waals surface area (Å²) in [5.41, 5.74) is 0.962. The van der Waals surface area contributed by atoms with Crippen LogP contribution in [0.25, 0.3) is 0 Å². The number of hydrogen-bond acceptors (Lipinski definition) is 5. The van der Waals surface area contributed by atoms with Crippen LogP contribution in [0.4, 0.5) is 20.3 Å². The maximum atomic E-state index is 13.4. The Morgan fingerprint density at radius 2 is 2.12 bits per heavy atom. The number of nitrogens with zero attached hydrogens (tertiary/aromatic N) is 2. The molecule has 0 aliphatic carbocycles. The third kappa shape index (κ3) is 3.18. The number of halogens is 2. The van der Waals surface area contributed by atoms with Crippen molar-refractivity contribution in [3.05, 3.63) is 63.3 Å². The second-order valence-corrected chi connectivity index (χ2v) is 5.62. The van der Waals surface area contributed by atoms with Gasteiger partial charge in [0.2, 0.25) is 0 Å². The van der Waals surface area contributed by atoms with Crippen molar-refractivity contribution in [1.82, 2.24) is 4.98 Å². The largest absolute Gasteiger partial charge is 0.371 e. The van der Waals surface area contributed by atoms with Crippen molar-refractivity contribution in [3.63, 3.8) is 0 Å². The Bertz CT molecular complexity index is 785. The highest BCUT2D eigenvalue weighted by atomic mass is 19.2. The number of hydrogen-bond donors (Lipinski definition) is 1. The molecule has 0 amide bonds. The van der Waals surface area contributed by atoms with E-state index in [-0.39, 0.29) is 11.7 Å². The van der Waals surface area contributed by atoms with E-state index in [1.807, 2.05) is 0 Å². The van der Waals surface area contributed by atoms with Gasteiger partial charge in [0.05, 0.1) is 11.0 Å². The summed E-state index contributed by atoms with van der Waals surface area (Å²) < 4.78 is 32.1. The molecule has 0 spiro atoms. The van der Waals surface area contributed by atoms with Crippen LogP contribution in [0.15, 0.2) is 30.5 Å². The highest BCUT2D eigenvalue weighted by Gasteiger charge is 2.30. The number of rotatable bonds is 4. The van der Waals surface area contributed by atoms with Crippen LogP contribution in [0, 0.1) is 28.7 Å². The number of aryl methyl sites for hydroxylation is 1. The van der Waals surface area contributed by atoms with Gasteiger partial charge < -0.3 is 10.1 Å². The van der Waals surface area contributed by atoms with Gasteiger partial charge in [-0.15, -0.1) is 0 Å². The summed E-state index contributed by atoms with van der Waals surface area (Å²) in [5, 5.41) is 14.0. The maximum Gasteiger partial charge on any atom is 0.290 e. The third-order valence-corrected chi connectivity index (χ3v) is 3.98. The summed E-state index contributed by atoms with van der Waals surface area (Å²) in [6, 6.07) is 5.06. The van der Waals surface area contributed by atoms with Crippen molar-refractivity contribution in [2.45, 2.75) is 25.5 Å². The van der Waals surface area contributed by atoms with Gasteiger partial charge in [-0.2, -0.15) is 0 Å². The molecule has 1 aliphatic heterocycles. The zero-order chi connectivity index (χ0) is 17.3. The molecule has 3 rings (SSSR count). The van der Waals surface area contributed by atoms with Gasteiger partial charge in [-0.3, -0.25) is 10.1 Å². The Kier molecular flexibility index (Phi) is 4.39. The van der Waals surface area contributed by atoms with Crippen LogP contribution in [-0.4, -0.2) is 22.6 Å². The van der Waals surface area contributed by atoms with Crippen molar-refractivity contribution in [2.24, 2.45) is 0 Å². The number of ether oxygens (including phenoxy) is 1. The molecule has 2 heterocycles. The average molecular weight is 335 g/mol. The fourth-order valence-electron chi connectivity index (χ4n) is 2.76. The van der Waals surface area contributed by atoms with Crippen LogP contribution in [0.2, 0.25) is 0 Å². The van der Waals surface area contributed by atoms with E-state index in [4.69, 9.17) is 4.74 Å². The van der Waals surface area contributed by atoms with Crippen LogP contribution in [0.5, 0.6) is 0 Å². The van der Waals surface area contributed by atoms with Gasteiger partial charge >= 0.3 is 0 Å². The Labute approximate surface area is 136 Å². The predicted molar refractivity (Wildman–Crippen MR) is 82.7 cm³/mol. The van der Waals surface area contributed by atoms with E-state index < -0.39 is 22.7 Å². The van der Waals surface area contributed by atoms with E-state index in [1.54, 1.807) is 13.0 Å². The quantitative estimate of drug-likeness (QED) is 0.683. The van der Waals surface area contributed by atoms with Crippen molar-refractivity contribution in [3.8, 4) is 0 Å².